The number of piperidine rings is 1. The Balaban J connectivity index is 1.43. The zero-order chi connectivity index (χ0) is 24.6. The molecule has 1 N–H and O–H groups in total. The smallest absolute Gasteiger partial charge is 0.300 e. The van der Waals surface area contributed by atoms with Gasteiger partial charge in [0.2, 0.25) is 0 Å². The highest BCUT2D eigenvalue weighted by atomic mass is 16.5. The number of benzene rings is 2. The number of anilines is 2. The number of hydrogen-bond donors (Lipinski definition) is 1. The third-order valence-corrected chi connectivity index (χ3v) is 7.26. The minimum Gasteiger partial charge on any atom is -0.507 e. The van der Waals surface area contributed by atoms with E-state index in [1.54, 1.807) is 30.6 Å². The van der Waals surface area contributed by atoms with Gasteiger partial charge in [-0.1, -0.05) is 6.07 Å². The van der Waals surface area contributed by atoms with Crippen LogP contribution in [0.2, 0.25) is 0 Å². The number of rotatable bonds is 4. The number of aliphatic hydroxyl groups is 1. The second kappa shape index (κ2) is 9.15. The molecule has 2 aromatic carbocycles. The van der Waals surface area contributed by atoms with Crippen LogP contribution in [0.25, 0.3) is 5.76 Å². The Labute approximate surface area is 209 Å². The molecule has 0 saturated carbocycles. The first-order chi connectivity index (χ1) is 17.6. The van der Waals surface area contributed by atoms with Gasteiger partial charge >= 0.3 is 0 Å². The topological polar surface area (TPSA) is 83.0 Å². The molecule has 3 aromatic rings. The molecule has 1 atom stereocenters. The van der Waals surface area contributed by atoms with Gasteiger partial charge in [0.25, 0.3) is 11.7 Å². The first kappa shape index (κ1) is 22.3. The summed E-state index contributed by atoms with van der Waals surface area (Å²) in [5.74, 6) is -0.784. The van der Waals surface area contributed by atoms with Crippen molar-refractivity contribution in [1.29, 1.82) is 0 Å². The number of aromatic nitrogens is 1. The summed E-state index contributed by atoms with van der Waals surface area (Å²) in [6.07, 6.45) is 7.61. The van der Waals surface area contributed by atoms with Crippen LogP contribution in [0, 0.1) is 0 Å². The number of carbonyl (C=O) groups is 2. The summed E-state index contributed by atoms with van der Waals surface area (Å²) in [5.41, 5.74) is 3.89. The zero-order valence-corrected chi connectivity index (χ0v) is 19.9. The Kier molecular flexibility index (Phi) is 5.68. The molecule has 3 aliphatic heterocycles. The van der Waals surface area contributed by atoms with Gasteiger partial charge in [0.05, 0.1) is 18.2 Å². The molecule has 1 amide bonds. The van der Waals surface area contributed by atoms with Crippen molar-refractivity contribution in [1.82, 2.24) is 4.98 Å². The summed E-state index contributed by atoms with van der Waals surface area (Å²) in [4.78, 5) is 34.8. The van der Waals surface area contributed by atoms with Gasteiger partial charge in [-0.15, -0.1) is 0 Å². The largest absolute Gasteiger partial charge is 0.507 e. The summed E-state index contributed by atoms with van der Waals surface area (Å²) < 4.78 is 5.58. The third kappa shape index (κ3) is 3.81. The maximum atomic E-state index is 13.4. The van der Waals surface area contributed by atoms with Crippen molar-refractivity contribution < 1.29 is 19.4 Å². The highest BCUT2D eigenvalue weighted by Crippen LogP contribution is 2.43. The van der Waals surface area contributed by atoms with Crippen molar-refractivity contribution >= 4 is 28.8 Å². The van der Waals surface area contributed by atoms with Crippen LogP contribution in [0.4, 0.5) is 11.4 Å². The van der Waals surface area contributed by atoms with E-state index in [4.69, 9.17) is 4.74 Å². The van der Waals surface area contributed by atoms with Crippen LogP contribution in [-0.4, -0.2) is 41.5 Å². The Hall–Kier alpha value is -4.13. The molecule has 0 spiro atoms. The molecule has 7 nitrogen and oxygen atoms in total. The van der Waals surface area contributed by atoms with Gasteiger partial charge in [0, 0.05) is 48.8 Å². The highest BCUT2D eigenvalue weighted by molar-refractivity contribution is 6.51. The average Bonchev–Trinajstić information content (AvgIpc) is 3.51. The first-order valence-corrected chi connectivity index (χ1v) is 12.4. The Morgan fingerprint density at radius 1 is 0.972 bits per heavy atom. The van der Waals surface area contributed by atoms with Crippen LogP contribution in [0.15, 0.2) is 72.6 Å². The monoisotopic (exact) mass is 481 g/mol. The standard InChI is InChI=1S/C29H27N3O4/c33-27(20-6-11-24-19(17-20)12-16-36-24)25-26(21-5-4-13-30-18-21)32(29(35)28(25)34)23-9-7-22(8-10-23)31-14-2-1-3-15-31/h4-11,13,17-18,26,33H,1-3,12,14-16H2/b27-25-. The predicted molar refractivity (Wildman–Crippen MR) is 137 cm³/mol. The number of ether oxygens (including phenoxy) is 1. The van der Waals surface area contributed by atoms with Gasteiger partial charge in [-0.2, -0.15) is 0 Å². The van der Waals surface area contributed by atoms with E-state index in [1.807, 2.05) is 36.4 Å². The van der Waals surface area contributed by atoms with Gasteiger partial charge < -0.3 is 14.7 Å². The van der Waals surface area contributed by atoms with Gasteiger partial charge in [-0.3, -0.25) is 19.5 Å². The number of ketones is 1. The van der Waals surface area contributed by atoms with E-state index in [2.05, 4.69) is 9.88 Å². The quantitative estimate of drug-likeness (QED) is 0.332. The molecule has 4 heterocycles. The minimum absolute atomic E-state index is 0.0620. The molecule has 0 radical (unpaired) electrons. The van der Waals surface area contributed by atoms with Crippen LogP contribution >= 0.6 is 0 Å². The third-order valence-electron chi connectivity index (χ3n) is 7.26. The molecule has 1 unspecified atom stereocenters. The number of hydrogen-bond acceptors (Lipinski definition) is 6. The Morgan fingerprint density at radius 3 is 2.50 bits per heavy atom. The number of carbonyl (C=O) groups excluding carboxylic acids is 2. The fourth-order valence-electron chi connectivity index (χ4n) is 5.42. The van der Waals surface area contributed by atoms with Crippen molar-refractivity contribution in [2.24, 2.45) is 0 Å². The number of aliphatic hydroxyl groups excluding tert-OH is 1. The maximum Gasteiger partial charge on any atom is 0.300 e. The lowest BCUT2D eigenvalue weighted by Crippen LogP contribution is -2.30. The second-order valence-corrected chi connectivity index (χ2v) is 9.44. The van der Waals surface area contributed by atoms with Gasteiger partial charge in [0.15, 0.2) is 0 Å². The molecule has 2 saturated heterocycles. The number of nitrogens with zero attached hydrogens (tertiary/aromatic N) is 3. The SMILES string of the molecule is O=C1C(=O)N(c2ccc(N3CCCCC3)cc2)C(c2cccnc2)/C1=C(/O)c1ccc2c(c1)CCO2. The van der Waals surface area contributed by atoms with E-state index in [0.717, 1.165) is 36.5 Å². The normalized spacial score (nSPS) is 20.9. The molecule has 1 aromatic heterocycles. The van der Waals surface area contributed by atoms with Crippen molar-refractivity contribution in [3.8, 4) is 5.75 Å². The molecule has 2 fully saturated rings. The maximum absolute atomic E-state index is 13.4. The minimum atomic E-state index is -0.788. The summed E-state index contributed by atoms with van der Waals surface area (Å²) in [6, 6.07) is 15.9. The van der Waals surface area contributed by atoms with E-state index in [0.29, 0.717) is 23.4 Å². The van der Waals surface area contributed by atoms with Crippen LogP contribution in [0.5, 0.6) is 5.75 Å². The lowest BCUT2D eigenvalue weighted by atomic mass is 9.95. The summed E-state index contributed by atoms with van der Waals surface area (Å²) in [5, 5.41) is 11.4. The number of amides is 1. The average molecular weight is 482 g/mol. The van der Waals surface area contributed by atoms with Crippen LogP contribution in [0.1, 0.15) is 42.0 Å². The Morgan fingerprint density at radius 2 is 1.75 bits per heavy atom. The fraction of sp³-hybridized carbons (Fsp3) is 0.276. The van der Waals surface area contributed by atoms with Crippen molar-refractivity contribution in [3.63, 3.8) is 0 Å². The van der Waals surface area contributed by atoms with Crippen LogP contribution < -0.4 is 14.5 Å². The molecule has 182 valence electrons. The fourth-order valence-corrected chi connectivity index (χ4v) is 5.42. The van der Waals surface area contributed by atoms with E-state index in [9.17, 15) is 14.7 Å². The van der Waals surface area contributed by atoms with Crippen molar-refractivity contribution in [2.75, 3.05) is 29.5 Å². The molecule has 6 rings (SSSR count). The number of pyridine rings is 1. The highest BCUT2D eigenvalue weighted by Gasteiger charge is 2.47. The lowest BCUT2D eigenvalue weighted by Gasteiger charge is -2.30. The zero-order valence-electron chi connectivity index (χ0n) is 19.9. The van der Waals surface area contributed by atoms with Gasteiger partial charge in [-0.05, 0) is 78.9 Å². The Bertz CT molecular complexity index is 1340. The van der Waals surface area contributed by atoms with Crippen LogP contribution in [0.3, 0.4) is 0 Å². The van der Waals surface area contributed by atoms with E-state index in [-0.39, 0.29) is 11.3 Å². The van der Waals surface area contributed by atoms with E-state index >= 15 is 0 Å². The van der Waals surface area contributed by atoms with Crippen molar-refractivity contribution in [3.05, 3.63) is 89.3 Å². The second-order valence-electron chi connectivity index (χ2n) is 9.44. The van der Waals surface area contributed by atoms with Crippen molar-refractivity contribution in [2.45, 2.75) is 31.7 Å². The van der Waals surface area contributed by atoms with E-state index < -0.39 is 17.7 Å². The number of fused-ring (bicyclic) bond motifs is 1. The number of Topliss-reactive ketones (excluding diaryl/α,β-unsaturated/α-hetero) is 1. The molecule has 7 heteroatoms. The predicted octanol–water partition coefficient (Wildman–Crippen LogP) is 4.63. The summed E-state index contributed by atoms with van der Waals surface area (Å²) in [7, 11) is 0. The van der Waals surface area contributed by atoms with E-state index in [1.165, 1.54) is 24.2 Å². The molecule has 0 aliphatic carbocycles. The summed E-state index contributed by atoms with van der Waals surface area (Å²) in [6.45, 7) is 2.63. The molecule has 36 heavy (non-hydrogen) atoms. The van der Waals surface area contributed by atoms with Gasteiger partial charge in [0.1, 0.15) is 11.5 Å². The van der Waals surface area contributed by atoms with Crippen LogP contribution in [-0.2, 0) is 16.0 Å². The molecule has 0 bridgehead atoms. The first-order valence-electron chi connectivity index (χ1n) is 12.4. The van der Waals surface area contributed by atoms with Gasteiger partial charge in [-0.25, -0.2) is 0 Å². The molecular weight excluding hydrogens is 454 g/mol. The summed E-state index contributed by atoms with van der Waals surface area (Å²) >= 11 is 0. The molecule has 3 aliphatic rings. The lowest BCUT2D eigenvalue weighted by molar-refractivity contribution is -0.132. The molecular formula is C29H27N3O4.